The topological polar surface area (TPSA) is 43.1 Å². The van der Waals surface area contributed by atoms with Crippen LogP contribution in [0.25, 0.3) is 10.1 Å². The lowest BCUT2D eigenvalue weighted by atomic mass is 10.1. The molecule has 2 rings (SSSR count). The van der Waals surface area contributed by atoms with Crippen LogP contribution in [0.5, 0.6) is 0 Å². The Bertz CT molecular complexity index is 521. The first-order chi connectivity index (χ1) is 6.61. The number of fused-ring (bicyclic) bond motifs is 1. The van der Waals surface area contributed by atoms with E-state index in [1.165, 1.54) is 11.3 Å². The second-order valence-corrected chi connectivity index (χ2v) is 4.71. The molecule has 1 heterocycles. The fourth-order valence-corrected chi connectivity index (χ4v) is 3.10. The van der Waals surface area contributed by atoms with Crippen LogP contribution >= 0.6 is 27.3 Å². The van der Waals surface area contributed by atoms with Gasteiger partial charge in [0, 0.05) is 10.0 Å². The van der Waals surface area contributed by atoms with E-state index in [4.69, 9.17) is 0 Å². The first-order valence-electron chi connectivity index (χ1n) is 3.92. The highest BCUT2D eigenvalue weighted by atomic mass is 79.9. The third-order valence-electron chi connectivity index (χ3n) is 2.04. The second kappa shape index (κ2) is 3.33. The van der Waals surface area contributed by atoms with Gasteiger partial charge in [0.2, 0.25) is 0 Å². The van der Waals surface area contributed by atoms with Crippen molar-refractivity contribution in [1.29, 1.82) is 0 Å². The maximum atomic E-state index is 10.8. The van der Waals surface area contributed by atoms with Crippen molar-refractivity contribution in [3.63, 3.8) is 0 Å². The Labute approximate surface area is 92.6 Å². The van der Waals surface area contributed by atoms with Crippen LogP contribution in [0, 0.1) is 17.0 Å². The summed E-state index contributed by atoms with van der Waals surface area (Å²) in [4.78, 5) is 10.5. The molecule has 1 aromatic carbocycles. The predicted octanol–water partition coefficient (Wildman–Crippen LogP) is 3.88. The van der Waals surface area contributed by atoms with E-state index in [2.05, 4.69) is 15.9 Å². The molecule has 0 unspecified atom stereocenters. The molecule has 0 aliphatic carbocycles. The van der Waals surface area contributed by atoms with Crippen LogP contribution in [0.15, 0.2) is 22.0 Å². The molecule has 0 saturated heterocycles. The summed E-state index contributed by atoms with van der Waals surface area (Å²) < 4.78 is 1.85. The Morgan fingerprint density at radius 1 is 1.57 bits per heavy atom. The fraction of sp³-hybridized carbons (Fsp3) is 0.111. The first kappa shape index (κ1) is 9.61. The van der Waals surface area contributed by atoms with Gasteiger partial charge in [-0.05, 0) is 40.4 Å². The van der Waals surface area contributed by atoms with Crippen LogP contribution < -0.4 is 0 Å². The number of thiophene rings is 1. The minimum Gasteiger partial charge on any atom is -0.258 e. The number of hydrogen-bond donors (Lipinski definition) is 0. The summed E-state index contributed by atoms with van der Waals surface area (Å²) in [6.07, 6.45) is 0. The van der Waals surface area contributed by atoms with Gasteiger partial charge in [-0.3, -0.25) is 10.1 Å². The molecule has 0 radical (unpaired) electrons. The van der Waals surface area contributed by atoms with E-state index < -0.39 is 0 Å². The van der Waals surface area contributed by atoms with Crippen LogP contribution in [-0.4, -0.2) is 4.92 Å². The molecule has 5 heteroatoms. The van der Waals surface area contributed by atoms with E-state index in [0.29, 0.717) is 10.9 Å². The van der Waals surface area contributed by atoms with Crippen molar-refractivity contribution >= 4 is 43.0 Å². The van der Waals surface area contributed by atoms with Crippen molar-refractivity contribution in [2.45, 2.75) is 6.92 Å². The molecule has 14 heavy (non-hydrogen) atoms. The molecule has 0 aliphatic heterocycles. The van der Waals surface area contributed by atoms with E-state index in [0.717, 1.165) is 9.17 Å². The average molecular weight is 272 g/mol. The van der Waals surface area contributed by atoms with Crippen LogP contribution in [0.2, 0.25) is 0 Å². The molecule has 3 nitrogen and oxygen atoms in total. The zero-order chi connectivity index (χ0) is 10.3. The van der Waals surface area contributed by atoms with Crippen LogP contribution in [0.3, 0.4) is 0 Å². The van der Waals surface area contributed by atoms with Crippen molar-refractivity contribution in [1.82, 2.24) is 0 Å². The fourth-order valence-electron chi connectivity index (χ4n) is 1.46. The maximum Gasteiger partial charge on any atom is 0.280 e. The van der Waals surface area contributed by atoms with Crippen LogP contribution in [0.1, 0.15) is 5.56 Å². The molecule has 0 bridgehead atoms. The number of aryl methyl sites for hydroxylation is 1. The van der Waals surface area contributed by atoms with Gasteiger partial charge in [-0.15, -0.1) is 11.3 Å². The lowest BCUT2D eigenvalue weighted by Gasteiger charge is -2.00. The van der Waals surface area contributed by atoms with Gasteiger partial charge in [0.15, 0.2) is 0 Å². The van der Waals surface area contributed by atoms with Crippen molar-refractivity contribution < 1.29 is 4.92 Å². The van der Waals surface area contributed by atoms with Gasteiger partial charge in [0.05, 0.1) is 15.0 Å². The van der Waals surface area contributed by atoms with E-state index in [1.54, 1.807) is 19.1 Å². The van der Waals surface area contributed by atoms with E-state index in [9.17, 15) is 10.1 Å². The SMILES string of the molecule is Cc1cc(Br)c2sccc2c1[N+](=O)[O-]. The molecule has 72 valence electrons. The Kier molecular flexibility index (Phi) is 2.28. The molecule has 2 aromatic rings. The average Bonchev–Trinajstić information content (AvgIpc) is 2.51. The molecular weight excluding hydrogens is 266 g/mol. The van der Waals surface area contributed by atoms with Gasteiger partial charge in [0.1, 0.15) is 0 Å². The Morgan fingerprint density at radius 3 is 2.93 bits per heavy atom. The monoisotopic (exact) mass is 271 g/mol. The molecule has 0 fully saturated rings. The van der Waals surface area contributed by atoms with Crippen molar-refractivity contribution in [3.05, 3.63) is 37.7 Å². The largest absolute Gasteiger partial charge is 0.280 e. The van der Waals surface area contributed by atoms with Gasteiger partial charge in [-0.1, -0.05) is 0 Å². The second-order valence-electron chi connectivity index (χ2n) is 2.94. The lowest BCUT2D eigenvalue weighted by Crippen LogP contribution is -1.92. The Hall–Kier alpha value is -0.940. The molecule has 0 amide bonds. The smallest absolute Gasteiger partial charge is 0.258 e. The number of nitro groups is 1. The molecule has 0 aliphatic rings. The van der Waals surface area contributed by atoms with Gasteiger partial charge in [-0.2, -0.15) is 0 Å². The van der Waals surface area contributed by atoms with Crippen molar-refractivity contribution in [2.75, 3.05) is 0 Å². The molecule has 0 spiro atoms. The van der Waals surface area contributed by atoms with E-state index in [-0.39, 0.29) is 10.6 Å². The zero-order valence-electron chi connectivity index (χ0n) is 7.28. The quantitative estimate of drug-likeness (QED) is 0.584. The van der Waals surface area contributed by atoms with Gasteiger partial charge < -0.3 is 0 Å². The molecule has 1 aromatic heterocycles. The summed E-state index contributed by atoms with van der Waals surface area (Å²) in [7, 11) is 0. The molecular formula is C9H6BrNO2S. The minimum absolute atomic E-state index is 0.212. The summed E-state index contributed by atoms with van der Waals surface area (Å²) in [5, 5.41) is 13.4. The summed E-state index contributed by atoms with van der Waals surface area (Å²) in [6.45, 7) is 1.75. The zero-order valence-corrected chi connectivity index (χ0v) is 9.68. The highest BCUT2D eigenvalue weighted by Gasteiger charge is 2.18. The summed E-state index contributed by atoms with van der Waals surface area (Å²) in [5.74, 6) is 0. The lowest BCUT2D eigenvalue weighted by molar-refractivity contribution is -0.383. The van der Waals surface area contributed by atoms with E-state index >= 15 is 0 Å². The molecule has 0 atom stereocenters. The Morgan fingerprint density at radius 2 is 2.29 bits per heavy atom. The number of rotatable bonds is 1. The number of halogens is 1. The van der Waals surface area contributed by atoms with Crippen molar-refractivity contribution in [2.24, 2.45) is 0 Å². The highest BCUT2D eigenvalue weighted by Crippen LogP contribution is 2.37. The predicted molar refractivity (Wildman–Crippen MR) is 60.9 cm³/mol. The number of nitrogens with zero attached hydrogens (tertiary/aromatic N) is 1. The highest BCUT2D eigenvalue weighted by molar-refractivity contribution is 9.10. The number of benzene rings is 1. The third kappa shape index (κ3) is 1.33. The Balaban J connectivity index is 2.93. The van der Waals surface area contributed by atoms with Gasteiger partial charge in [-0.25, -0.2) is 0 Å². The first-order valence-corrected chi connectivity index (χ1v) is 5.59. The van der Waals surface area contributed by atoms with Crippen LogP contribution in [0.4, 0.5) is 5.69 Å². The minimum atomic E-state index is -0.323. The third-order valence-corrected chi connectivity index (χ3v) is 3.87. The number of hydrogen-bond acceptors (Lipinski definition) is 3. The van der Waals surface area contributed by atoms with E-state index in [1.807, 2.05) is 5.38 Å². The molecule has 0 N–H and O–H groups in total. The standard InChI is InChI=1S/C9H6BrNO2S/c1-5-4-7(10)9-6(2-3-14-9)8(5)11(12)13/h2-4H,1H3. The van der Waals surface area contributed by atoms with Crippen molar-refractivity contribution in [3.8, 4) is 0 Å². The normalized spacial score (nSPS) is 10.7. The summed E-state index contributed by atoms with van der Waals surface area (Å²) >= 11 is 4.90. The van der Waals surface area contributed by atoms with Gasteiger partial charge in [0.25, 0.3) is 5.69 Å². The number of nitro benzene ring substituents is 1. The maximum absolute atomic E-state index is 10.8. The molecule has 0 saturated carbocycles. The van der Waals surface area contributed by atoms with Crippen LogP contribution in [-0.2, 0) is 0 Å². The van der Waals surface area contributed by atoms with Gasteiger partial charge >= 0.3 is 0 Å². The summed E-state index contributed by atoms with van der Waals surface area (Å²) in [5.41, 5.74) is 0.900. The summed E-state index contributed by atoms with van der Waals surface area (Å²) in [6, 6.07) is 3.58.